The van der Waals surface area contributed by atoms with E-state index in [-0.39, 0.29) is 40.9 Å². The fraction of sp³-hybridized carbons (Fsp3) is 0.208. The zero-order valence-corrected chi connectivity index (χ0v) is 21.0. The van der Waals surface area contributed by atoms with E-state index in [1.165, 1.54) is 0 Å². The molecule has 0 heterocycles. The van der Waals surface area contributed by atoms with Gasteiger partial charge in [0.25, 0.3) is 10.0 Å². The standard InChI is InChI=1S/C24H21ClF3NO7S/c1-34-22-18(25)11-15(23(31)35-2)13-21(22)37(32,33)29-19-12-14(7-8-17(19)24(26,27)28)16-5-3-4-6-20(16)36-10-9-30/h3-8,11-13,29-30H,9-10H2,1-2H3. The van der Waals surface area contributed by atoms with Crippen LogP contribution in [0.15, 0.2) is 59.5 Å². The molecule has 0 aliphatic carbocycles. The Hall–Kier alpha value is -3.48. The van der Waals surface area contributed by atoms with Crippen molar-refractivity contribution in [2.45, 2.75) is 11.1 Å². The summed E-state index contributed by atoms with van der Waals surface area (Å²) in [5.41, 5.74) is -1.74. The van der Waals surface area contributed by atoms with Crippen molar-refractivity contribution in [2.75, 3.05) is 32.2 Å². The predicted molar refractivity (Wildman–Crippen MR) is 130 cm³/mol. The van der Waals surface area contributed by atoms with Gasteiger partial charge in [0.05, 0.1) is 42.7 Å². The number of esters is 1. The Balaban J connectivity index is 2.17. The van der Waals surface area contributed by atoms with Crippen LogP contribution in [0.3, 0.4) is 0 Å². The Kier molecular flexibility index (Phi) is 8.57. The summed E-state index contributed by atoms with van der Waals surface area (Å²) in [6.45, 7) is -0.352. The van der Waals surface area contributed by atoms with Crippen molar-refractivity contribution in [3.63, 3.8) is 0 Å². The highest BCUT2D eigenvalue weighted by atomic mass is 35.5. The van der Waals surface area contributed by atoms with Gasteiger partial charge in [-0.25, -0.2) is 13.2 Å². The first-order valence-electron chi connectivity index (χ1n) is 10.5. The number of carbonyl (C=O) groups excluding carboxylic acids is 1. The van der Waals surface area contributed by atoms with Gasteiger partial charge in [-0.3, -0.25) is 4.72 Å². The Morgan fingerprint density at radius 3 is 2.41 bits per heavy atom. The van der Waals surface area contributed by atoms with Crippen molar-refractivity contribution in [3.05, 3.63) is 70.7 Å². The molecule has 0 radical (unpaired) electrons. The van der Waals surface area contributed by atoms with Crippen LogP contribution in [-0.2, 0) is 20.9 Å². The highest BCUT2D eigenvalue weighted by Gasteiger charge is 2.36. The van der Waals surface area contributed by atoms with Crippen LogP contribution >= 0.6 is 11.6 Å². The van der Waals surface area contributed by atoms with Crippen LogP contribution in [0.5, 0.6) is 11.5 Å². The Morgan fingerprint density at radius 1 is 1.08 bits per heavy atom. The molecule has 3 rings (SSSR count). The minimum atomic E-state index is -4.92. The van der Waals surface area contributed by atoms with Crippen LogP contribution in [0.25, 0.3) is 11.1 Å². The maximum absolute atomic E-state index is 13.8. The number of hydrogen-bond donors (Lipinski definition) is 2. The second-order valence-electron chi connectivity index (χ2n) is 7.41. The molecule has 0 fully saturated rings. The number of hydrogen-bond acceptors (Lipinski definition) is 7. The van der Waals surface area contributed by atoms with Crippen LogP contribution in [0.1, 0.15) is 15.9 Å². The zero-order chi connectivity index (χ0) is 27.4. The fourth-order valence-corrected chi connectivity index (χ4v) is 5.07. The maximum Gasteiger partial charge on any atom is 0.418 e. The Morgan fingerprint density at radius 2 is 1.78 bits per heavy atom. The van der Waals surface area contributed by atoms with Crippen molar-refractivity contribution in [2.24, 2.45) is 0 Å². The molecule has 0 spiro atoms. The van der Waals surface area contributed by atoms with Gasteiger partial charge in [0.1, 0.15) is 17.3 Å². The van der Waals surface area contributed by atoms with Crippen LogP contribution < -0.4 is 14.2 Å². The molecule has 8 nitrogen and oxygen atoms in total. The molecule has 0 bridgehead atoms. The number of nitrogens with one attached hydrogen (secondary N) is 1. The molecule has 0 saturated carbocycles. The first kappa shape index (κ1) is 28.1. The molecule has 37 heavy (non-hydrogen) atoms. The van der Waals surface area contributed by atoms with Gasteiger partial charge in [0.15, 0.2) is 5.75 Å². The summed E-state index contributed by atoms with van der Waals surface area (Å²) < 4.78 is 85.2. The average molecular weight is 560 g/mol. The third kappa shape index (κ3) is 6.27. The lowest BCUT2D eigenvalue weighted by Gasteiger charge is -2.19. The lowest BCUT2D eigenvalue weighted by atomic mass is 10.0. The number of ether oxygens (including phenoxy) is 3. The molecule has 0 aliphatic heterocycles. The predicted octanol–water partition coefficient (Wildman–Crippen LogP) is 4.99. The van der Waals surface area contributed by atoms with Gasteiger partial charge in [-0.1, -0.05) is 35.9 Å². The smallest absolute Gasteiger partial charge is 0.418 e. The molecule has 0 unspecified atom stereocenters. The van der Waals surface area contributed by atoms with Crippen molar-refractivity contribution in [1.29, 1.82) is 0 Å². The summed E-state index contributed by atoms with van der Waals surface area (Å²) in [5.74, 6) is -1.03. The van der Waals surface area contributed by atoms with Gasteiger partial charge < -0.3 is 19.3 Å². The second-order valence-corrected chi connectivity index (χ2v) is 9.47. The lowest BCUT2D eigenvalue weighted by molar-refractivity contribution is -0.136. The zero-order valence-electron chi connectivity index (χ0n) is 19.4. The van der Waals surface area contributed by atoms with E-state index in [2.05, 4.69) is 4.74 Å². The minimum absolute atomic E-state index is 0.0613. The first-order chi connectivity index (χ1) is 17.4. The molecule has 0 aliphatic rings. The topological polar surface area (TPSA) is 111 Å². The van der Waals surface area contributed by atoms with Crippen LogP contribution in [0.2, 0.25) is 5.02 Å². The van der Waals surface area contributed by atoms with Crippen LogP contribution in [0.4, 0.5) is 18.9 Å². The molecular formula is C24H21ClF3NO7S. The monoisotopic (exact) mass is 559 g/mol. The Bertz CT molecular complexity index is 1410. The number of alkyl halides is 3. The maximum atomic E-state index is 13.8. The molecule has 13 heteroatoms. The third-order valence-electron chi connectivity index (χ3n) is 5.04. The molecule has 0 aromatic heterocycles. The van der Waals surface area contributed by atoms with Gasteiger partial charge in [-0.05, 0) is 35.9 Å². The highest BCUT2D eigenvalue weighted by molar-refractivity contribution is 7.92. The molecule has 198 valence electrons. The van der Waals surface area contributed by atoms with E-state index in [4.69, 9.17) is 26.2 Å². The number of sulfonamides is 1. The number of aliphatic hydroxyl groups excluding tert-OH is 1. The minimum Gasteiger partial charge on any atom is -0.494 e. The number of rotatable bonds is 9. The quantitative estimate of drug-likeness (QED) is 0.355. The SMILES string of the molecule is COC(=O)c1cc(Cl)c(OC)c(S(=O)(=O)Nc2cc(-c3ccccc3OCCO)ccc2C(F)(F)F)c1. The molecule has 0 saturated heterocycles. The van der Waals surface area contributed by atoms with Crippen LogP contribution in [-0.4, -0.2) is 46.9 Å². The number of methoxy groups -OCH3 is 2. The third-order valence-corrected chi connectivity index (χ3v) is 6.69. The van der Waals surface area contributed by atoms with Crippen molar-refractivity contribution in [1.82, 2.24) is 0 Å². The number of aliphatic hydroxyl groups is 1. The van der Waals surface area contributed by atoms with E-state index < -0.39 is 38.3 Å². The van der Waals surface area contributed by atoms with Crippen LogP contribution in [0, 0.1) is 0 Å². The van der Waals surface area contributed by atoms with Gasteiger partial charge in [-0.15, -0.1) is 0 Å². The van der Waals surface area contributed by atoms with E-state index in [0.29, 0.717) is 5.56 Å². The van der Waals surface area contributed by atoms with Crippen molar-refractivity contribution >= 4 is 33.3 Å². The molecule has 3 aromatic rings. The van der Waals surface area contributed by atoms with E-state index in [1.807, 2.05) is 4.72 Å². The molecule has 0 amide bonds. The molecule has 3 aromatic carbocycles. The summed E-state index contributed by atoms with van der Waals surface area (Å²) >= 11 is 6.08. The van der Waals surface area contributed by atoms with Crippen molar-refractivity contribution < 1.29 is 45.7 Å². The lowest BCUT2D eigenvalue weighted by Crippen LogP contribution is -2.19. The fourth-order valence-electron chi connectivity index (χ4n) is 3.43. The number of anilines is 1. The van der Waals surface area contributed by atoms with E-state index in [1.54, 1.807) is 24.3 Å². The average Bonchev–Trinajstić information content (AvgIpc) is 2.85. The summed E-state index contributed by atoms with van der Waals surface area (Å²) in [6, 6.07) is 11.3. The number of carbonyl (C=O) groups is 1. The first-order valence-corrected chi connectivity index (χ1v) is 12.3. The largest absolute Gasteiger partial charge is 0.494 e. The number of benzene rings is 3. The van der Waals surface area contributed by atoms with Crippen molar-refractivity contribution in [3.8, 4) is 22.6 Å². The molecule has 2 N–H and O–H groups in total. The molecular weight excluding hydrogens is 539 g/mol. The Labute approximate surface area is 215 Å². The second kappa shape index (κ2) is 11.3. The summed E-state index contributed by atoms with van der Waals surface area (Å²) in [5, 5.41) is 8.78. The normalized spacial score (nSPS) is 11.6. The van der Waals surface area contributed by atoms with Gasteiger partial charge in [0.2, 0.25) is 0 Å². The van der Waals surface area contributed by atoms with E-state index in [9.17, 15) is 26.4 Å². The summed E-state index contributed by atoms with van der Waals surface area (Å²) in [4.78, 5) is 11.3. The van der Waals surface area contributed by atoms with E-state index >= 15 is 0 Å². The highest BCUT2D eigenvalue weighted by Crippen LogP contribution is 2.41. The molecule has 0 atom stereocenters. The van der Waals surface area contributed by atoms with Gasteiger partial charge in [0, 0.05) is 5.56 Å². The number of halogens is 4. The van der Waals surface area contributed by atoms with Gasteiger partial charge >= 0.3 is 12.1 Å². The van der Waals surface area contributed by atoms with Gasteiger partial charge in [-0.2, -0.15) is 13.2 Å². The number of para-hydroxylation sites is 1. The summed E-state index contributed by atoms with van der Waals surface area (Å²) in [6.07, 6.45) is -4.92. The van der Waals surface area contributed by atoms with E-state index in [0.717, 1.165) is 44.6 Å². The summed E-state index contributed by atoms with van der Waals surface area (Å²) in [7, 11) is -2.60.